The quantitative estimate of drug-likeness (QED) is 0.375. The van der Waals surface area contributed by atoms with E-state index < -0.39 is 23.5 Å². The van der Waals surface area contributed by atoms with E-state index in [1.807, 2.05) is 6.92 Å². The molecule has 1 N–H and O–H groups in total. The third kappa shape index (κ3) is 4.14. The summed E-state index contributed by atoms with van der Waals surface area (Å²) in [6.07, 6.45) is 5.34. The molecule has 1 amide bonds. The van der Waals surface area contributed by atoms with Crippen LogP contribution in [0.1, 0.15) is 62.6 Å². The second kappa shape index (κ2) is 9.55. The molecule has 1 heterocycles. The predicted molar refractivity (Wildman–Crippen MR) is 120 cm³/mol. The van der Waals surface area contributed by atoms with Gasteiger partial charge in [0.1, 0.15) is 17.3 Å². The number of halogens is 1. The third-order valence-electron chi connectivity index (χ3n) is 6.23. The third-order valence-corrected chi connectivity index (χ3v) is 6.23. The molecule has 1 aliphatic heterocycles. The first kappa shape index (κ1) is 22.1. The summed E-state index contributed by atoms with van der Waals surface area (Å²) in [4.78, 5) is 27.8. The van der Waals surface area contributed by atoms with E-state index in [-0.39, 0.29) is 22.9 Å². The molecule has 0 aromatic heterocycles. The number of likely N-dealkylation sites (tertiary alicyclic amines) is 1. The first-order chi connectivity index (χ1) is 15.5. The molecule has 1 aliphatic carbocycles. The van der Waals surface area contributed by atoms with E-state index in [0.717, 1.165) is 38.5 Å². The summed E-state index contributed by atoms with van der Waals surface area (Å²) < 4.78 is 20.6. The predicted octanol–water partition coefficient (Wildman–Crippen LogP) is 5.37. The number of amides is 1. The zero-order valence-corrected chi connectivity index (χ0v) is 18.2. The molecule has 2 fully saturated rings. The minimum absolute atomic E-state index is 0.0710. The Morgan fingerprint density at radius 3 is 2.56 bits per heavy atom. The van der Waals surface area contributed by atoms with Gasteiger partial charge in [-0.2, -0.15) is 0 Å². The fourth-order valence-electron chi connectivity index (χ4n) is 4.70. The SMILES string of the molecule is CCCOc1cccc(/C(O)=C2/C(=O)C(=O)N(C3CCCCC3)C2c2ccccc2F)c1. The zero-order chi connectivity index (χ0) is 22.7. The van der Waals surface area contributed by atoms with Gasteiger partial charge in [0.25, 0.3) is 11.7 Å². The van der Waals surface area contributed by atoms with Gasteiger partial charge in [0.2, 0.25) is 0 Å². The van der Waals surface area contributed by atoms with Crippen molar-refractivity contribution in [3.05, 3.63) is 71.0 Å². The van der Waals surface area contributed by atoms with Crippen LogP contribution in [0.4, 0.5) is 4.39 Å². The number of benzene rings is 2. The van der Waals surface area contributed by atoms with Crippen LogP contribution in [0.15, 0.2) is 54.1 Å². The van der Waals surface area contributed by atoms with Crippen molar-refractivity contribution in [3.63, 3.8) is 0 Å². The van der Waals surface area contributed by atoms with Crippen molar-refractivity contribution in [1.29, 1.82) is 0 Å². The summed E-state index contributed by atoms with van der Waals surface area (Å²) in [6.45, 7) is 2.51. The van der Waals surface area contributed by atoms with Crippen molar-refractivity contribution >= 4 is 17.4 Å². The van der Waals surface area contributed by atoms with Crippen LogP contribution in [0, 0.1) is 5.82 Å². The fraction of sp³-hybridized carbons (Fsp3) is 0.385. The van der Waals surface area contributed by atoms with E-state index in [1.165, 1.54) is 11.0 Å². The number of ketones is 1. The molecule has 6 heteroatoms. The number of aliphatic hydroxyl groups excluding tert-OH is 1. The largest absolute Gasteiger partial charge is 0.507 e. The van der Waals surface area contributed by atoms with Crippen molar-refractivity contribution < 1.29 is 23.8 Å². The maximum Gasteiger partial charge on any atom is 0.295 e. The molecule has 168 valence electrons. The smallest absolute Gasteiger partial charge is 0.295 e. The van der Waals surface area contributed by atoms with Crippen LogP contribution in [0.5, 0.6) is 5.75 Å². The summed E-state index contributed by atoms with van der Waals surface area (Å²) in [7, 11) is 0. The molecule has 2 aromatic rings. The standard InChI is InChI=1S/C26H28FNO4/c1-2-15-32-19-12-8-9-17(16-19)24(29)22-23(20-13-6-7-14-21(20)27)28(26(31)25(22)30)18-10-4-3-5-11-18/h6-9,12-14,16,18,23,29H,2-5,10-11,15H2,1H3/b24-22-. The van der Waals surface area contributed by atoms with Crippen molar-refractivity contribution in [1.82, 2.24) is 4.90 Å². The first-order valence-corrected chi connectivity index (χ1v) is 11.3. The molecule has 2 aromatic carbocycles. The minimum Gasteiger partial charge on any atom is -0.507 e. The highest BCUT2D eigenvalue weighted by molar-refractivity contribution is 6.46. The molecule has 0 radical (unpaired) electrons. The molecule has 5 nitrogen and oxygen atoms in total. The lowest BCUT2D eigenvalue weighted by molar-refractivity contribution is -0.141. The summed E-state index contributed by atoms with van der Waals surface area (Å²) in [6, 6.07) is 11.8. The Morgan fingerprint density at radius 1 is 1.09 bits per heavy atom. The molecule has 0 bridgehead atoms. The maximum atomic E-state index is 14.9. The Balaban J connectivity index is 1.84. The van der Waals surface area contributed by atoms with Crippen molar-refractivity contribution in [2.75, 3.05) is 6.61 Å². The Labute approximate surface area is 187 Å². The van der Waals surface area contributed by atoms with Crippen molar-refractivity contribution in [3.8, 4) is 5.75 Å². The number of ether oxygens (including phenoxy) is 1. The summed E-state index contributed by atoms with van der Waals surface area (Å²) in [5.74, 6) is -1.71. The topological polar surface area (TPSA) is 66.8 Å². The average molecular weight is 438 g/mol. The molecular weight excluding hydrogens is 409 g/mol. The normalized spacial score (nSPS) is 21.2. The van der Waals surface area contributed by atoms with E-state index in [2.05, 4.69) is 0 Å². The van der Waals surface area contributed by atoms with E-state index in [0.29, 0.717) is 17.9 Å². The van der Waals surface area contributed by atoms with E-state index in [9.17, 15) is 19.1 Å². The second-order valence-electron chi connectivity index (χ2n) is 8.40. The Hall–Kier alpha value is -3.15. The molecule has 32 heavy (non-hydrogen) atoms. The van der Waals surface area contributed by atoms with Crippen LogP contribution in [0.3, 0.4) is 0 Å². The van der Waals surface area contributed by atoms with Gasteiger partial charge in [0.05, 0.1) is 18.2 Å². The van der Waals surface area contributed by atoms with Crippen LogP contribution in [0.25, 0.3) is 5.76 Å². The van der Waals surface area contributed by atoms with Gasteiger partial charge in [-0.05, 0) is 37.5 Å². The second-order valence-corrected chi connectivity index (χ2v) is 8.40. The number of hydrogen-bond acceptors (Lipinski definition) is 4. The molecule has 4 rings (SSSR count). The number of hydrogen-bond donors (Lipinski definition) is 1. The average Bonchev–Trinajstić information content (AvgIpc) is 3.08. The Kier molecular flexibility index (Phi) is 6.58. The van der Waals surface area contributed by atoms with E-state index in [4.69, 9.17) is 4.74 Å². The van der Waals surface area contributed by atoms with Gasteiger partial charge in [-0.3, -0.25) is 9.59 Å². The van der Waals surface area contributed by atoms with E-state index >= 15 is 0 Å². The van der Waals surface area contributed by atoms with Crippen molar-refractivity contribution in [2.45, 2.75) is 57.5 Å². The lowest BCUT2D eigenvalue weighted by Gasteiger charge is -2.35. The monoisotopic (exact) mass is 437 g/mol. The Bertz CT molecular complexity index is 1040. The first-order valence-electron chi connectivity index (χ1n) is 11.3. The lowest BCUT2D eigenvalue weighted by atomic mass is 9.90. The van der Waals surface area contributed by atoms with Crippen LogP contribution in [-0.4, -0.2) is 34.3 Å². The fourth-order valence-corrected chi connectivity index (χ4v) is 4.70. The van der Waals surface area contributed by atoms with Crippen LogP contribution in [0.2, 0.25) is 0 Å². The number of aliphatic hydroxyl groups is 1. The molecule has 2 aliphatic rings. The van der Waals surface area contributed by atoms with Gasteiger partial charge in [-0.25, -0.2) is 4.39 Å². The number of carbonyl (C=O) groups is 2. The van der Waals surface area contributed by atoms with Crippen molar-refractivity contribution in [2.24, 2.45) is 0 Å². The molecule has 1 unspecified atom stereocenters. The van der Waals surface area contributed by atoms with Crippen LogP contribution < -0.4 is 4.74 Å². The highest BCUT2D eigenvalue weighted by atomic mass is 19.1. The molecule has 1 saturated heterocycles. The molecular formula is C26H28FNO4. The lowest BCUT2D eigenvalue weighted by Crippen LogP contribution is -2.40. The minimum atomic E-state index is -0.959. The summed E-state index contributed by atoms with van der Waals surface area (Å²) in [5.41, 5.74) is 0.511. The number of nitrogens with zero attached hydrogens (tertiary/aromatic N) is 1. The zero-order valence-electron chi connectivity index (χ0n) is 18.2. The van der Waals surface area contributed by atoms with Crippen LogP contribution >= 0.6 is 0 Å². The van der Waals surface area contributed by atoms with Gasteiger partial charge in [0, 0.05) is 17.2 Å². The molecule has 0 spiro atoms. The number of rotatable bonds is 6. The maximum absolute atomic E-state index is 14.9. The number of Topliss-reactive ketones (excluding diaryl/α,β-unsaturated/α-hetero) is 1. The highest BCUT2D eigenvalue weighted by Gasteiger charge is 2.49. The Morgan fingerprint density at radius 2 is 1.84 bits per heavy atom. The number of carbonyl (C=O) groups excluding carboxylic acids is 2. The van der Waals surface area contributed by atoms with Gasteiger partial charge >= 0.3 is 0 Å². The van der Waals surface area contributed by atoms with Gasteiger partial charge < -0.3 is 14.7 Å². The summed E-state index contributed by atoms with van der Waals surface area (Å²) in [5, 5.41) is 11.2. The van der Waals surface area contributed by atoms with Crippen LogP contribution in [-0.2, 0) is 9.59 Å². The molecule has 1 saturated carbocycles. The van der Waals surface area contributed by atoms with Gasteiger partial charge in [-0.15, -0.1) is 0 Å². The summed E-state index contributed by atoms with van der Waals surface area (Å²) >= 11 is 0. The highest BCUT2D eigenvalue weighted by Crippen LogP contribution is 2.43. The van der Waals surface area contributed by atoms with Gasteiger partial charge in [0.15, 0.2) is 0 Å². The van der Waals surface area contributed by atoms with E-state index in [1.54, 1.807) is 42.5 Å². The van der Waals surface area contributed by atoms with Gasteiger partial charge in [-0.1, -0.05) is 56.5 Å². The molecule has 1 atom stereocenters.